The lowest BCUT2D eigenvalue weighted by Gasteiger charge is -2.31. The van der Waals surface area contributed by atoms with E-state index in [1.54, 1.807) is 6.07 Å². The highest BCUT2D eigenvalue weighted by Gasteiger charge is 2.56. The van der Waals surface area contributed by atoms with Crippen molar-refractivity contribution in [1.29, 1.82) is 0 Å². The van der Waals surface area contributed by atoms with Crippen molar-refractivity contribution in [3.8, 4) is 28.6 Å². The summed E-state index contributed by atoms with van der Waals surface area (Å²) in [6.45, 7) is 2.08. The predicted molar refractivity (Wildman–Crippen MR) is 103 cm³/mol. The van der Waals surface area contributed by atoms with E-state index in [4.69, 9.17) is 4.42 Å². The predicted octanol–water partition coefficient (Wildman–Crippen LogP) is 3.47. The lowest BCUT2D eigenvalue weighted by molar-refractivity contribution is -0.144. The Morgan fingerprint density at radius 2 is 1.76 bits per heavy atom. The van der Waals surface area contributed by atoms with E-state index >= 15 is 0 Å². The van der Waals surface area contributed by atoms with Crippen LogP contribution in [0.4, 0.5) is 0 Å². The van der Waals surface area contributed by atoms with E-state index in [-0.39, 0.29) is 35.0 Å². The minimum atomic E-state index is -0.871. The van der Waals surface area contributed by atoms with Gasteiger partial charge in [-0.05, 0) is 60.4 Å². The third-order valence-corrected chi connectivity index (χ3v) is 7.10. The first-order valence-electron chi connectivity index (χ1n) is 9.67. The van der Waals surface area contributed by atoms with Crippen molar-refractivity contribution in [2.75, 3.05) is 0 Å². The summed E-state index contributed by atoms with van der Waals surface area (Å²) < 4.78 is 5.66. The fraction of sp³-hybridized carbons (Fsp3) is 0.364. The summed E-state index contributed by atoms with van der Waals surface area (Å²) in [5, 5.41) is 41.1. The fourth-order valence-corrected chi connectivity index (χ4v) is 5.86. The number of aromatic hydroxyl groups is 3. The Bertz CT molecular complexity index is 1190. The van der Waals surface area contributed by atoms with Gasteiger partial charge in [-0.3, -0.25) is 9.59 Å². The van der Waals surface area contributed by atoms with E-state index in [2.05, 4.69) is 6.92 Å². The fourth-order valence-electron chi connectivity index (χ4n) is 5.86. The lowest BCUT2D eigenvalue weighted by atomic mass is 9.73. The van der Waals surface area contributed by atoms with Gasteiger partial charge < -0.3 is 24.8 Å². The number of carbonyl (C=O) groups is 1. The summed E-state index contributed by atoms with van der Waals surface area (Å²) in [5.74, 6) is -3.07. The summed E-state index contributed by atoms with van der Waals surface area (Å²) >= 11 is 0. The van der Waals surface area contributed by atoms with Crippen LogP contribution in [-0.2, 0) is 4.79 Å². The molecule has 1 heterocycles. The number of rotatable bonds is 2. The molecule has 2 fully saturated rings. The Morgan fingerprint density at radius 3 is 2.48 bits per heavy atom. The zero-order valence-corrected chi connectivity index (χ0v) is 15.6. The number of carboxylic acids is 1. The van der Waals surface area contributed by atoms with Crippen molar-refractivity contribution in [2.45, 2.75) is 25.7 Å². The molecule has 4 aliphatic rings. The molecule has 0 saturated heterocycles. The van der Waals surface area contributed by atoms with Crippen molar-refractivity contribution < 1.29 is 29.6 Å². The summed E-state index contributed by atoms with van der Waals surface area (Å²) in [6, 6.07) is 5.68. The second-order valence-electron chi connectivity index (χ2n) is 8.27. The Hall–Kier alpha value is -3.22. The van der Waals surface area contributed by atoms with E-state index in [0.717, 1.165) is 12.8 Å². The van der Waals surface area contributed by atoms with Crippen molar-refractivity contribution in [2.24, 2.45) is 23.7 Å². The third kappa shape index (κ3) is 2.24. The second kappa shape index (κ2) is 5.89. The van der Waals surface area contributed by atoms with Gasteiger partial charge in [0.1, 0.15) is 0 Å². The monoisotopic (exact) mass is 396 g/mol. The van der Waals surface area contributed by atoms with Crippen molar-refractivity contribution in [1.82, 2.24) is 0 Å². The largest absolute Gasteiger partial charge is 0.504 e. The van der Waals surface area contributed by atoms with Gasteiger partial charge in [-0.1, -0.05) is 6.92 Å². The topological polar surface area (TPSA) is 128 Å². The molecule has 5 unspecified atom stereocenters. The standard InChI is InChI=1S/C22H20O7/c1-8-9-2-3-10(8)17(22(27)28)16(9)15-11-4-6-13(23)18(25)20(11)29-21-12(15)5-7-14(24)19(21)26/h4-10,16-17,23,25-26H,2-3H2,1H3,(H,27,28). The Labute approximate surface area is 165 Å². The molecule has 1 aromatic carbocycles. The number of benzene rings is 2. The van der Waals surface area contributed by atoms with E-state index in [0.29, 0.717) is 16.5 Å². The smallest absolute Gasteiger partial charge is 0.307 e. The van der Waals surface area contributed by atoms with Crippen LogP contribution in [-0.4, -0.2) is 26.4 Å². The summed E-state index contributed by atoms with van der Waals surface area (Å²) in [5.41, 5.74) is 0.379. The number of fused-ring (bicyclic) bond motifs is 4. The van der Waals surface area contributed by atoms with Crippen LogP contribution >= 0.6 is 0 Å². The van der Waals surface area contributed by atoms with Crippen LogP contribution in [0, 0.1) is 23.7 Å². The van der Waals surface area contributed by atoms with Crippen LogP contribution in [0.15, 0.2) is 33.5 Å². The van der Waals surface area contributed by atoms with Gasteiger partial charge in [-0.2, -0.15) is 0 Å². The summed E-state index contributed by atoms with van der Waals surface area (Å²) in [7, 11) is 0. The summed E-state index contributed by atoms with van der Waals surface area (Å²) in [6.07, 6.45) is 1.75. The molecule has 4 N–H and O–H groups in total. The average molecular weight is 396 g/mol. The lowest BCUT2D eigenvalue weighted by Crippen LogP contribution is -2.28. The molecule has 1 aliphatic heterocycles. The van der Waals surface area contributed by atoms with E-state index in [1.165, 1.54) is 18.2 Å². The van der Waals surface area contributed by atoms with Gasteiger partial charge in [0.05, 0.1) is 5.92 Å². The molecule has 0 amide bonds. The number of hydrogen-bond donors (Lipinski definition) is 4. The van der Waals surface area contributed by atoms with Crippen LogP contribution in [0.2, 0.25) is 0 Å². The van der Waals surface area contributed by atoms with Gasteiger partial charge in [-0.25, -0.2) is 0 Å². The van der Waals surface area contributed by atoms with E-state index < -0.39 is 34.6 Å². The SMILES string of the molecule is CC1C2CCC1C(c1c3ccc(=O)c(O)c-3oc3c(O)c(O)ccc13)C2C(=O)O. The number of phenols is 3. The first-order valence-corrected chi connectivity index (χ1v) is 9.67. The van der Waals surface area contributed by atoms with Crippen LogP contribution in [0.1, 0.15) is 31.2 Å². The molecule has 1 aromatic rings. The maximum Gasteiger partial charge on any atom is 0.307 e. The minimum absolute atomic E-state index is 0.0443. The molecule has 2 saturated carbocycles. The molecule has 0 spiro atoms. The Morgan fingerprint density at radius 1 is 1.03 bits per heavy atom. The zero-order chi connectivity index (χ0) is 20.6. The molecule has 7 nitrogen and oxygen atoms in total. The van der Waals surface area contributed by atoms with Crippen LogP contribution in [0.25, 0.3) is 22.3 Å². The molecule has 3 aliphatic carbocycles. The maximum atomic E-state index is 12.2. The van der Waals surface area contributed by atoms with Gasteiger partial charge in [0.15, 0.2) is 17.1 Å². The molecule has 150 valence electrons. The normalized spacial score (nSPS) is 28.4. The van der Waals surface area contributed by atoms with Crippen LogP contribution < -0.4 is 5.43 Å². The molecular formula is C22H20O7. The highest BCUT2D eigenvalue weighted by atomic mass is 16.4. The molecule has 5 atom stereocenters. The average Bonchev–Trinajstić information content (AvgIpc) is 3.19. The van der Waals surface area contributed by atoms with Gasteiger partial charge in [0, 0.05) is 16.9 Å². The molecule has 0 radical (unpaired) electrons. The first kappa shape index (κ1) is 17.8. The number of hydrogen-bond acceptors (Lipinski definition) is 6. The minimum Gasteiger partial charge on any atom is -0.504 e. The number of aliphatic carboxylic acids is 1. The first-order chi connectivity index (χ1) is 13.8. The van der Waals surface area contributed by atoms with Gasteiger partial charge >= 0.3 is 5.97 Å². The number of carboxylic acid groups (broad SMARTS) is 1. The highest BCUT2D eigenvalue weighted by molar-refractivity contribution is 5.95. The highest BCUT2D eigenvalue weighted by Crippen LogP contribution is 2.62. The van der Waals surface area contributed by atoms with E-state index in [1.807, 2.05) is 0 Å². The second-order valence-corrected chi connectivity index (χ2v) is 8.27. The van der Waals surface area contributed by atoms with Crippen LogP contribution in [0.3, 0.4) is 0 Å². The Balaban J connectivity index is 1.91. The molecule has 2 bridgehead atoms. The maximum absolute atomic E-state index is 12.2. The quantitative estimate of drug-likeness (QED) is 0.386. The van der Waals surface area contributed by atoms with Crippen LogP contribution in [0.5, 0.6) is 17.2 Å². The summed E-state index contributed by atoms with van der Waals surface area (Å²) in [4.78, 5) is 24.2. The Kier molecular flexibility index (Phi) is 3.62. The third-order valence-electron chi connectivity index (χ3n) is 7.10. The van der Waals surface area contributed by atoms with E-state index in [9.17, 15) is 30.0 Å². The zero-order valence-electron chi connectivity index (χ0n) is 15.6. The van der Waals surface area contributed by atoms with Gasteiger partial charge in [-0.15, -0.1) is 0 Å². The van der Waals surface area contributed by atoms with Gasteiger partial charge in [0.25, 0.3) is 0 Å². The molecule has 29 heavy (non-hydrogen) atoms. The number of phenolic OH excluding ortho intramolecular Hbond substituents is 3. The van der Waals surface area contributed by atoms with Crippen molar-refractivity contribution in [3.05, 3.63) is 40.1 Å². The molecule has 7 heteroatoms. The molecule has 0 aromatic heterocycles. The van der Waals surface area contributed by atoms with Gasteiger partial charge in [0.2, 0.25) is 16.9 Å². The molecule has 5 rings (SSSR count). The van der Waals surface area contributed by atoms with Crippen molar-refractivity contribution in [3.63, 3.8) is 0 Å². The van der Waals surface area contributed by atoms with Crippen molar-refractivity contribution >= 4 is 16.9 Å². The molecular weight excluding hydrogens is 376 g/mol.